The van der Waals surface area contributed by atoms with Crippen molar-refractivity contribution in [3.63, 3.8) is 0 Å². The molecule has 0 saturated carbocycles. The number of hydrogen-bond acceptors (Lipinski definition) is 15. The number of carboxylic acids is 1. The average molecular weight is 1030 g/mol. The lowest BCUT2D eigenvalue weighted by molar-refractivity contribution is -0.276. The predicted molar refractivity (Wildman–Crippen MR) is 249 cm³/mol. The van der Waals surface area contributed by atoms with E-state index in [2.05, 4.69) is 34.7 Å². The summed E-state index contributed by atoms with van der Waals surface area (Å²) in [5.41, 5.74) is 20.5. The van der Waals surface area contributed by atoms with Gasteiger partial charge in [-0.3, -0.25) is 4.79 Å². The summed E-state index contributed by atoms with van der Waals surface area (Å²) < 4.78 is 121. The number of carbonyl (C=O) groups excluding carboxylic acids is 1. The summed E-state index contributed by atoms with van der Waals surface area (Å²) in [5.74, 6) is -4.85. The summed E-state index contributed by atoms with van der Waals surface area (Å²) in [6.45, 7) is 2.72. The fourth-order valence-electron chi connectivity index (χ4n) is 6.78. The van der Waals surface area contributed by atoms with Crippen LogP contribution in [0.2, 0.25) is 0 Å². The van der Waals surface area contributed by atoms with Gasteiger partial charge >= 0.3 is 18.7 Å². The number of aromatic nitrogens is 4. The fraction of sp³-hybridized carbons (Fsp3) is 0.174. The maximum absolute atomic E-state index is 14.4. The second kappa shape index (κ2) is 21.8. The van der Waals surface area contributed by atoms with Crippen LogP contribution in [0.3, 0.4) is 0 Å². The molecule has 1 amide bonds. The molecule has 0 aliphatic rings. The lowest BCUT2D eigenvalue weighted by atomic mass is 10.0. The number of methoxy groups -OCH3 is 2. The Hall–Kier alpha value is -7.90. The zero-order valence-electron chi connectivity index (χ0n) is 37.2. The second-order valence-electron chi connectivity index (χ2n) is 14.7. The number of carbonyl (C=O) groups is 2. The zero-order valence-corrected chi connectivity index (χ0v) is 38.8. The Balaban J connectivity index is 0.000000194. The molecule has 25 heteroatoms. The molecule has 0 aliphatic heterocycles. The number of halogens is 8. The minimum atomic E-state index is -5.03. The van der Waals surface area contributed by atoms with E-state index >= 15 is 0 Å². The molecular weight excluding hydrogens is 993 g/mol. The van der Waals surface area contributed by atoms with Crippen LogP contribution in [0.25, 0.3) is 42.7 Å². The van der Waals surface area contributed by atoms with Crippen LogP contribution in [0.5, 0.6) is 23.3 Å². The van der Waals surface area contributed by atoms with Gasteiger partial charge in [0.15, 0.2) is 10.3 Å². The highest BCUT2D eigenvalue weighted by Gasteiger charge is 2.35. The number of nitrogen functional groups attached to an aromatic ring is 2. The number of nitrogens with zero attached hydrogens (tertiary/aromatic N) is 4. The summed E-state index contributed by atoms with van der Waals surface area (Å²) in [6, 6.07) is 18.3. The molecule has 2 atom stereocenters. The van der Waals surface area contributed by atoms with Crippen molar-refractivity contribution in [3.8, 4) is 45.5 Å². The summed E-state index contributed by atoms with van der Waals surface area (Å²) in [5, 5.41) is 12.6. The molecule has 0 fully saturated rings. The molecule has 71 heavy (non-hydrogen) atoms. The largest absolute Gasteiger partial charge is 0.573 e. The van der Waals surface area contributed by atoms with Crippen molar-refractivity contribution < 1.29 is 68.8 Å². The van der Waals surface area contributed by atoms with Gasteiger partial charge in [0.1, 0.15) is 34.3 Å². The molecule has 2 unspecified atom stereocenters. The number of aromatic carboxylic acids is 1. The Kier molecular flexibility index (Phi) is 16.1. The Morgan fingerprint density at radius 1 is 0.648 bits per heavy atom. The number of nitrogens with one attached hydrogen (secondary N) is 1. The van der Waals surface area contributed by atoms with E-state index < -0.39 is 65.4 Å². The molecule has 372 valence electrons. The molecule has 15 nitrogen and oxygen atoms in total. The zero-order chi connectivity index (χ0) is 51.9. The van der Waals surface area contributed by atoms with Gasteiger partial charge in [0, 0.05) is 35.1 Å². The van der Waals surface area contributed by atoms with Gasteiger partial charge in [-0.05, 0) is 85.6 Å². The third kappa shape index (κ3) is 13.3. The summed E-state index contributed by atoms with van der Waals surface area (Å²) in [7, 11) is 2.71. The molecule has 8 aromatic rings. The standard InChI is InChI=1S/C23H18F4N4O3S.C14H11N3O3S.C9H9F4NO/c1-11(19-15(24)4-3-5-17(19)34-23(25,26)27)30-20(32)14-8-13(10-29-21(14)33-2)12-6-7-16-18(9-12)35-22(28)31-16;1-20-12-9(13(18)19)4-8(6-16-12)7-2-3-10-11(5-7)21-14(15)17-10;1-5(14)8-6(10)3-2-4-7(8)15-9(11,12)13/h3-11H,1-2H3,(H2,28,31)(H,30,32);2-6H,1H3,(H2,15,17)(H,18,19);2-5H,14H2,1H3. The highest BCUT2D eigenvalue weighted by atomic mass is 32.1. The molecule has 4 aromatic heterocycles. The number of alkyl halides is 6. The van der Waals surface area contributed by atoms with Gasteiger partial charge in [0.2, 0.25) is 11.8 Å². The lowest BCUT2D eigenvalue weighted by Gasteiger charge is -2.20. The Morgan fingerprint density at radius 2 is 1.08 bits per heavy atom. The van der Waals surface area contributed by atoms with Crippen molar-refractivity contribution in [3.05, 3.63) is 131 Å². The Bertz CT molecular complexity index is 3220. The molecule has 0 bridgehead atoms. The number of pyridine rings is 2. The smallest absolute Gasteiger partial charge is 0.480 e. The first-order valence-corrected chi connectivity index (χ1v) is 21.9. The van der Waals surface area contributed by atoms with Crippen LogP contribution < -0.4 is 41.5 Å². The van der Waals surface area contributed by atoms with Crippen LogP contribution in [-0.4, -0.2) is 63.9 Å². The van der Waals surface area contributed by atoms with Crippen molar-refractivity contribution >= 4 is 65.2 Å². The van der Waals surface area contributed by atoms with Gasteiger partial charge in [-0.25, -0.2) is 33.5 Å². The third-order valence-electron chi connectivity index (χ3n) is 9.75. The highest BCUT2D eigenvalue weighted by Crippen LogP contribution is 2.36. The van der Waals surface area contributed by atoms with Crippen molar-refractivity contribution in [2.45, 2.75) is 38.7 Å². The number of ether oxygens (including phenoxy) is 4. The maximum atomic E-state index is 14.4. The number of benzene rings is 4. The number of nitrogens with two attached hydrogens (primary N) is 3. The van der Waals surface area contributed by atoms with E-state index in [0.717, 1.165) is 68.0 Å². The van der Waals surface area contributed by atoms with E-state index in [4.69, 9.17) is 26.7 Å². The van der Waals surface area contributed by atoms with E-state index in [1.54, 1.807) is 24.4 Å². The van der Waals surface area contributed by atoms with Crippen LogP contribution in [0, 0.1) is 11.6 Å². The van der Waals surface area contributed by atoms with Crippen LogP contribution >= 0.6 is 22.7 Å². The van der Waals surface area contributed by atoms with E-state index in [-0.39, 0.29) is 28.5 Å². The number of carboxylic acid groups (broad SMARTS) is 1. The average Bonchev–Trinajstić information content (AvgIpc) is 3.87. The number of fused-ring (bicyclic) bond motifs is 2. The Morgan fingerprint density at radius 3 is 1.52 bits per heavy atom. The van der Waals surface area contributed by atoms with Crippen molar-refractivity contribution in [1.29, 1.82) is 0 Å². The van der Waals surface area contributed by atoms with Crippen LogP contribution in [-0.2, 0) is 0 Å². The summed E-state index contributed by atoms with van der Waals surface area (Å²) in [6.07, 6.45) is -6.79. The maximum Gasteiger partial charge on any atom is 0.573 e. The van der Waals surface area contributed by atoms with Crippen molar-refractivity contribution in [2.24, 2.45) is 5.73 Å². The first-order chi connectivity index (χ1) is 33.4. The van der Waals surface area contributed by atoms with Gasteiger partial charge in [-0.1, -0.05) is 46.9 Å². The topological polar surface area (TPSA) is 233 Å². The molecule has 8 rings (SSSR count). The molecular formula is C46H38F8N8O7S2. The molecule has 4 heterocycles. The predicted octanol–water partition coefficient (Wildman–Crippen LogP) is 10.9. The highest BCUT2D eigenvalue weighted by molar-refractivity contribution is 7.22. The number of hydrogen-bond donors (Lipinski definition) is 5. The Labute approximate surface area is 404 Å². The molecule has 8 N–H and O–H groups in total. The third-order valence-corrected chi connectivity index (χ3v) is 11.4. The molecule has 0 aliphatic carbocycles. The van der Waals surface area contributed by atoms with E-state index in [1.165, 1.54) is 63.0 Å². The molecule has 0 saturated heterocycles. The van der Waals surface area contributed by atoms with Gasteiger partial charge in [-0.2, -0.15) is 0 Å². The monoisotopic (exact) mass is 1030 g/mol. The SMILES string of the molecule is CC(N)c1c(F)cccc1OC(F)(F)F.COc1ncc(-c2ccc3nc(N)sc3c2)cc1C(=O)NC(C)c1c(F)cccc1OC(F)(F)F.COc1ncc(-c2ccc3nc(N)sc3c2)cc1C(=O)O. The number of amides is 1. The normalized spacial score (nSPS) is 12.2. The number of anilines is 2. The first kappa shape index (κ1) is 52.5. The van der Waals surface area contributed by atoms with E-state index in [9.17, 15) is 49.8 Å². The van der Waals surface area contributed by atoms with Crippen molar-refractivity contribution in [1.82, 2.24) is 25.3 Å². The van der Waals surface area contributed by atoms with Crippen LogP contribution in [0.4, 0.5) is 45.4 Å². The summed E-state index contributed by atoms with van der Waals surface area (Å²) >= 11 is 2.69. The van der Waals surface area contributed by atoms with Crippen molar-refractivity contribution in [2.75, 3.05) is 25.7 Å². The number of thiazole rings is 2. The molecule has 0 spiro atoms. The minimum Gasteiger partial charge on any atom is -0.480 e. The number of rotatable bonds is 11. The van der Waals surface area contributed by atoms with Gasteiger partial charge in [-0.15, -0.1) is 26.3 Å². The van der Waals surface area contributed by atoms with Gasteiger partial charge in [0.25, 0.3) is 5.91 Å². The second-order valence-corrected chi connectivity index (χ2v) is 16.8. The molecule has 4 aromatic carbocycles. The quantitative estimate of drug-likeness (QED) is 0.0759. The van der Waals surface area contributed by atoms with Gasteiger partial charge in [0.05, 0.1) is 46.3 Å². The first-order valence-electron chi connectivity index (χ1n) is 20.2. The van der Waals surface area contributed by atoms with Crippen LogP contribution in [0.15, 0.2) is 97.3 Å². The minimum absolute atomic E-state index is 0.00962. The van der Waals surface area contributed by atoms with E-state index in [1.807, 2.05) is 24.3 Å². The fourth-order valence-corrected chi connectivity index (χ4v) is 8.32. The lowest BCUT2D eigenvalue weighted by Crippen LogP contribution is -2.29. The van der Waals surface area contributed by atoms with Crippen LogP contribution in [0.1, 0.15) is 57.8 Å². The van der Waals surface area contributed by atoms with E-state index in [0.29, 0.717) is 21.4 Å². The van der Waals surface area contributed by atoms with Gasteiger partial charge < -0.3 is 46.6 Å². The molecule has 0 radical (unpaired) electrons. The summed E-state index contributed by atoms with van der Waals surface area (Å²) in [4.78, 5) is 40.9.